The molecule has 0 heterocycles. The van der Waals surface area contributed by atoms with Gasteiger partial charge >= 0.3 is 47.8 Å². The van der Waals surface area contributed by atoms with Crippen LogP contribution in [0.25, 0.3) is 0 Å². The Morgan fingerprint density at radius 3 is 0.669 bits per heavy atom. The molecule has 0 spiro atoms. The monoisotopic (exact) mass is 1980 g/mol. The summed E-state index contributed by atoms with van der Waals surface area (Å²) in [5.41, 5.74) is -2.78. The van der Waals surface area contributed by atoms with E-state index in [0.29, 0.717) is 59.9 Å². The quantitative estimate of drug-likeness (QED) is 0.0315. The van der Waals surface area contributed by atoms with Crippen molar-refractivity contribution in [2.24, 2.45) is 96.6 Å². The lowest BCUT2D eigenvalue weighted by atomic mass is 9.83. The molecule has 0 aromatic rings. The standard InChI is InChI=1S/3C17H34O2.3C15H30O2.C14H28O2.C13H26O2/c1-8-17(6,7)16(18)19-15(11-9-13(2)3)12-10-14(4)5;1-8-13(9-2)15(14(10-3)11-4)19-16(18)17(6,7)12-5;1-6-9-11-13-15(14-12-10-7-2)19-16(18)17(4,5)8-3;1-8-15(6,7)14(16)17-13(9-11(2)3)10-12(4)5;1-6-9-10-11-12-13(7-2)17-14(16)15(4,5)8-3;1-6-9-11-13(12-10-7-2)17-14(16)15(4,5)8-3;1-6-9-10-12(7-2)11-16-13(15)14(4,5)8-3;1-8-13(6,7)12(14)15-11(9(2)3)10(4)5/h2*13-15H,8-12H2,1-7H3;15H,6-14H2,1-5H3;11-13H,8-10H2,1-7H3;2*13H,6-12H2,1-5H3;12H,6-11H2,1-5H3;9-11H,8H2,1-7H3. The molecule has 0 fully saturated rings. The van der Waals surface area contributed by atoms with Crippen molar-refractivity contribution in [3.8, 4) is 0 Å². The lowest BCUT2D eigenvalue weighted by Gasteiger charge is -2.34. The van der Waals surface area contributed by atoms with Gasteiger partial charge in [-0.15, -0.1) is 0 Å². The van der Waals surface area contributed by atoms with Crippen LogP contribution in [0.4, 0.5) is 0 Å². The Morgan fingerprint density at radius 2 is 0.424 bits per heavy atom. The summed E-state index contributed by atoms with van der Waals surface area (Å²) in [5, 5.41) is 0. The van der Waals surface area contributed by atoms with Gasteiger partial charge in [-0.25, -0.2) is 0 Å². The van der Waals surface area contributed by atoms with Gasteiger partial charge in [-0.2, -0.15) is 0 Å². The van der Waals surface area contributed by atoms with Gasteiger partial charge in [0.15, 0.2) is 0 Å². The molecule has 834 valence electrons. The Kier molecular flexibility index (Phi) is 91.5. The van der Waals surface area contributed by atoms with Crippen molar-refractivity contribution in [2.45, 2.75) is 645 Å². The van der Waals surface area contributed by atoms with E-state index in [1.54, 1.807) is 0 Å². The minimum absolute atomic E-state index is 0.0204. The zero-order valence-electron chi connectivity index (χ0n) is 102. The summed E-state index contributed by atoms with van der Waals surface area (Å²) >= 11 is 0. The minimum Gasteiger partial charge on any atom is -0.465 e. The summed E-state index contributed by atoms with van der Waals surface area (Å²) in [6.45, 7) is 100. The Bertz CT molecular complexity index is 2890. The molecule has 139 heavy (non-hydrogen) atoms. The first-order valence-corrected chi connectivity index (χ1v) is 58.0. The number of unbranched alkanes of at least 4 members (excludes halogenated alkanes) is 10. The van der Waals surface area contributed by atoms with Crippen LogP contribution in [0.15, 0.2) is 0 Å². The first-order valence-electron chi connectivity index (χ1n) is 58.0. The number of carbonyl (C=O) groups excluding carboxylic acids is 8. The summed E-state index contributed by atoms with van der Waals surface area (Å²) < 4.78 is 45.4. The zero-order chi connectivity index (χ0) is 110. The third kappa shape index (κ3) is 76.0. The first-order chi connectivity index (χ1) is 64.4. The van der Waals surface area contributed by atoms with Gasteiger partial charge in [0.2, 0.25) is 0 Å². The normalized spacial score (nSPS) is 12.6. The fourth-order valence-electron chi connectivity index (χ4n) is 14.0. The molecule has 2 unspecified atom stereocenters. The number of hydrogen-bond acceptors (Lipinski definition) is 16. The average molecular weight is 1980 g/mol. The van der Waals surface area contributed by atoms with Crippen LogP contribution in [0.5, 0.6) is 0 Å². The van der Waals surface area contributed by atoms with Crippen LogP contribution in [0.3, 0.4) is 0 Å². The lowest BCUT2D eigenvalue weighted by Crippen LogP contribution is -2.38. The number of esters is 8. The van der Waals surface area contributed by atoms with E-state index >= 15 is 0 Å². The van der Waals surface area contributed by atoms with Crippen LogP contribution in [-0.4, -0.2) is 97.1 Å². The molecule has 16 nitrogen and oxygen atoms in total. The molecule has 0 saturated heterocycles. The predicted octanol–water partition coefficient (Wildman–Crippen LogP) is 37.6. The molecule has 0 aliphatic heterocycles. The molecule has 0 aliphatic carbocycles. The van der Waals surface area contributed by atoms with Gasteiger partial charge in [-0.3, -0.25) is 38.4 Å². The SMILES string of the molecule is CCC(C)(C)C(=O)OC(C(C)C)C(C)C.CCC(C)(C)C(=O)OC(CC(C)C)CC(C)C.CCC(C)(C)C(=O)OC(CCC(C)C)CCC(C)C.CCC(CC)C(OC(=O)C(C)(C)CC)C(CC)CC.CCCCC(CC)COC(=O)C(C)(C)CC.CCCCC(CCCC)OC(=O)C(C)(C)CC.CCCCCC(CCCCC)OC(=O)C(C)(C)CC.CCCCCCC(CC)OC(=O)C(C)(C)CC. The van der Waals surface area contributed by atoms with Gasteiger partial charge in [-0.1, -0.05) is 311 Å². The van der Waals surface area contributed by atoms with Gasteiger partial charge in [0, 0.05) is 0 Å². The molecule has 0 N–H and O–H groups in total. The summed E-state index contributed by atoms with van der Waals surface area (Å²) in [6.07, 6.45) is 45.4. The highest BCUT2D eigenvalue weighted by molar-refractivity contribution is 5.79. The van der Waals surface area contributed by atoms with Gasteiger partial charge in [0.05, 0.1) is 49.9 Å². The van der Waals surface area contributed by atoms with Crippen LogP contribution in [0.2, 0.25) is 0 Å². The molecule has 0 aliphatic rings. The Balaban J connectivity index is -0.000000235. The molecule has 0 aromatic heterocycles. The summed E-state index contributed by atoms with van der Waals surface area (Å²) in [6, 6.07) is 0. The maximum atomic E-state index is 12.4. The molecule has 16 heteroatoms. The maximum absolute atomic E-state index is 12.4. The molecule has 0 bridgehead atoms. The van der Waals surface area contributed by atoms with Crippen LogP contribution < -0.4 is 0 Å². The van der Waals surface area contributed by atoms with Crippen molar-refractivity contribution < 1.29 is 76.3 Å². The van der Waals surface area contributed by atoms with E-state index in [1.165, 1.54) is 83.5 Å². The molecule has 0 radical (unpaired) electrons. The van der Waals surface area contributed by atoms with Gasteiger partial charge in [-0.05, 0) is 344 Å². The lowest BCUT2D eigenvalue weighted by molar-refractivity contribution is -0.167. The fraction of sp³-hybridized carbons (Fsp3) is 0.935. The molecule has 0 saturated carbocycles. The highest BCUT2D eigenvalue weighted by Crippen LogP contribution is 2.36. The van der Waals surface area contributed by atoms with Crippen LogP contribution in [0.1, 0.15) is 602 Å². The van der Waals surface area contributed by atoms with E-state index in [0.717, 1.165) is 186 Å². The molecule has 0 aromatic carbocycles. The van der Waals surface area contributed by atoms with E-state index < -0.39 is 0 Å². The van der Waals surface area contributed by atoms with E-state index in [9.17, 15) is 38.4 Å². The predicted molar refractivity (Wildman–Crippen MR) is 597 cm³/mol. The fourth-order valence-corrected chi connectivity index (χ4v) is 14.0. The summed E-state index contributed by atoms with van der Waals surface area (Å²) in [5.74, 6) is 4.40. The minimum atomic E-state index is -0.365. The van der Waals surface area contributed by atoms with Crippen molar-refractivity contribution >= 4 is 47.8 Å². The molecular formula is C123H246O16. The van der Waals surface area contributed by atoms with E-state index in [1.807, 2.05) is 166 Å². The molecule has 0 amide bonds. The van der Waals surface area contributed by atoms with Crippen LogP contribution in [-0.2, 0) is 76.3 Å². The van der Waals surface area contributed by atoms with Crippen molar-refractivity contribution in [1.29, 1.82) is 0 Å². The number of rotatable bonds is 67. The second kappa shape index (κ2) is 84.8. The summed E-state index contributed by atoms with van der Waals surface area (Å²) in [4.78, 5) is 96.3. The van der Waals surface area contributed by atoms with E-state index in [-0.39, 0.29) is 134 Å². The van der Waals surface area contributed by atoms with Crippen molar-refractivity contribution in [3.63, 3.8) is 0 Å². The van der Waals surface area contributed by atoms with E-state index in [2.05, 4.69) is 166 Å². The number of hydrogen-bond donors (Lipinski definition) is 0. The molecule has 2 atom stereocenters. The second-order valence-electron chi connectivity index (χ2n) is 48.2. The van der Waals surface area contributed by atoms with Gasteiger partial charge < -0.3 is 37.9 Å². The average Bonchev–Trinajstić information content (AvgIpc) is 0.831. The number of ether oxygens (including phenoxy) is 8. The first kappa shape index (κ1) is 150. The zero-order valence-corrected chi connectivity index (χ0v) is 102. The van der Waals surface area contributed by atoms with E-state index in [4.69, 9.17) is 37.9 Å². The van der Waals surface area contributed by atoms with Gasteiger partial charge in [0.25, 0.3) is 0 Å². The molecule has 0 rings (SSSR count). The third-order valence-corrected chi connectivity index (χ3v) is 29.1. The largest absolute Gasteiger partial charge is 0.465 e. The van der Waals surface area contributed by atoms with Gasteiger partial charge in [0.1, 0.15) is 42.7 Å². The van der Waals surface area contributed by atoms with Crippen LogP contribution in [0, 0.1) is 96.6 Å². The highest BCUT2D eigenvalue weighted by Gasteiger charge is 2.39. The number of carbonyl (C=O) groups is 8. The summed E-state index contributed by atoms with van der Waals surface area (Å²) in [7, 11) is 0. The van der Waals surface area contributed by atoms with Crippen molar-refractivity contribution in [3.05, 3.63) is 0 Å². The maximum Gasteiger partial charge on any atom is 0.311 e. The Labute approximate surface area is 867 Å². The Morgan fingerprint density at radius 1 is 0.201 bits per heavy atom. The van der Waals surface area contributed by atoms with Crippen LogP contribution >= 0.6 is 0 Å². The highest BCUT2D eigenvalue weighted by atomic mass is 16.6. The van der Waals surface area contributed by atoms with Crippen molar-refractivity contribution in [2.75, 3.05) is 6.61 Å². The van der Waals surface area contributed by atoms with Crippen molar-refractivity contribution in [1.82, 2.24) is 0 Å². The smallest absolute Gasteiger partial charge is 0.311 e. The Hall–Kier alpha value is -4.24. The topological polar surface area (TPSA) is 210 Å². The second-order valence-corrected chi connectivity index (χ2v) is 48.2. The third-order valence-electron chi connectivity index (χ3n) is 29.1. The molecular weight excluding hydrogens is 1730 g/mol.